The monoisotopic (exact) mass is 336 g/mol. The van der Waals surface area contributed by atoms with Crippen molar-refractivity contribution in [1.29, 1.82) is 0 Å². The molecule has 2 aromatic carbocycles. The Morgan fingerprint density at radius 3 is 2.48 bits per heavy atom. The fourth-order valence-electron chi connectivity index (χ4n) is 3.69. The van der Waals surface area contributed by atoms with Crippen LogP contribution in [-0.4, -0.2) is 29.9 Å². The molecule has 1 atom stereocenters. The lowest BCUT2D eigenvalue weighted by molar-refractivity contribution is -0.122. The van der Waals surface area contributed by atoms with E-state index in [4.69, 9.17) is 0 Å². The van der Waals surface area contributed by atoms with Crippen molar-refractivity contribution >= 4 is 11.6 Å². The molecule has 3 heteroatoms. The first-order chi connectivity index (χ1) is 12.1. The van der Waals surface area contributed by atoms with Gasteiger partial charge in [-0.25, -0.2) is 0 Å². The molecule has 132 valence electrons. The van der Waals surface area contributed by atoms with E-state index in [9.17, 15) is 4.79 Å². The summed E-state index contributed by atoms with van der Waals surface area (Å²) in [5.41, 5.74) is 4.56. The third kappa shape index (κ3) is 4.49. The molecule has 1 heterocycles. The average molecular weight is 336 g/mol. The van der Waals surface area contributed by atoms with Crippen LogP contribution in [0, 0.1) is 13.8 Å². The number of rotatable bonds is 5. The van der Waals surface area contributed by atoms with Gasteiger partial charge in [-0.2, -0.15) is 0 Å². The molecule has 3 rings (SSSR count). The number of piperidine rings is 1. The van der Waals surface area contributed by atoms with E-state index in [1.165, 1.54) is 12.0 Å². The molecule has 1 amide bonds. The highest BCUT2D eigenvalue weighted by atomic mass is 16.2. The molecule has 0 aliphatic carbocycles. The van der Waals surface area contributed by atoms with Crippen molar-refractivity contribution < 1.29 is 4.79 Å². The van der Waals surface area contributed by atoms with Crippen LogP contribution in [0.25, 0.3) is 0 Å². The van der Waals surface area contributed by atoms with Gasteiger partial charge in [0, 0.05) is 12.2 Å². The van der Waals surface area contributed by atoms with Crippen LogP contribution in [-0.2, 0) is 11.2 Å². The van der Waals surface area contributed by atoms with Crippen molar-refractivity contribution in [3.05, 3.63) is 65.2 Å². The molecule has 1 saturated heterocycles. The lowest BCUT2D eigenvalue weighted by Crippen LogP contribution is -2.47. The van der Waals surface area contributed by atoms with Crippen LogP contribution >= 0.6 is 0 Å². The Bertz CT molecular complexity index is 691. The van der Waals surface area contributed by atoms with E-state index in [2.05, 4.69) is 60.5 Å². The van der Waals surface area contributed by atoms with E-state index < -0.39 is 0 Å². The number of amides is 1. The van der Waals surface area contributed by atoms with Gasteiger partial charge in [0.15, 0.2) is 0 Å². The summed E-state index contributed by atoms with van der Waals surface area (Å²) in [5, 5.41) is 3.20. The molecule has 0 spiro atoms. The number of anilines is 1. The molecule has 1 aliphatic heterocycles. The second-order valence-corrected chi connectivity index (χ2v) is 7.04. The maximum atomic E-state index is 12.9. The average Bonchev–Trinajstić information content (AvgIpc) is 2.64. The van der Waals surface area contributed by atoms with Crippen molar-refractivity contribution in [2.24, 2.45) is 0 Å². The summed E-state index contributed by atoms with van der Waals surface area (Å²) in [6.45, 7) is 6.06. The van der Waals surface area contributed by atoms with Crippen molar-refractivity contribution in [1.82, 2.24) is 4.90 Å². The number of hydrogen-bond donors (Lipinski definition) is 1. The zero-order valence-corrected chi connectivity index (χ0v) is 15.3. The van der Waals surface area contributed by atoms with Crippen molar-refractivity contribution in [3.8, 4) is 0 Å². The lowest BCUT2D eigenvalue weighted by atomic mass is 9.99. The van der Waals surface area contributed by atoms with E-state index in [0.29, 0.717) is 0 Å². The number of carbonyl (C=O) groups excluding carboxylic acids is 1. The Balaban J connectivity index is 1.66. The quantitative estimate of drug-likeness (QED) is 0.881. The Morgan fingerprint density at radius 2 is 1.76 bits per heavy atom. The highest BCUT2D eigenvalue weighted by Gasteiger charge is 2.28. The van der Waals surface area contributed by atoms with Gasteiger partial charge in [0.05, 0.1) is 6.04 Å². The highest BCUT2D eigenvalue weighted by Crippen LogP contribution is 2.23. The summed E-state index contributed by atoms with van der Waals surface area (Å²) >= 11 is 0. The van der Waals surface area contributed by atoms with Crippen LogP contribution in [0.4, 0.5) is 5.69 Å². The SMILES string of the molecule is Cc1cccc(C)c1NC(=O)[C@@H]1CCCCN1CCc1ccccc1. The molecule has 0 saturated carbocycles. The smallest absolute Gasteiger partial charge is 0.241 e. The van der Waals surface area contributed by atoms with Crippen LogP contribution in [0.2, 0.25) is 0 Å². The van der Waals surface area contributed by atoms with Crippen molar-refractivity contribution in [3.63, 3.8) is 0 Å². The fraction of sp³-hybridized carbons (Fsp3) is 0.409. The number of nitrogens with zero attached hydrogens (tertiary/aromatic N) is 1. The van der Waals surface area contributed by atoms with Crippen molar-refractivity contribution in [2.45, 2.75) is 45.6 Å². The van der Waals surface area contributed by atoms with Gasteiger partial charge in [0.25, 0.3) is 0 Å². The van der Waals surface area contributed by atoms with E-state index in [1.54, 1.807) is 0 Å². The van der Waals surface area contributed by atoms with Gasteiger partial charge in [-0.3, -0.25) is 9.69 Å². The largest absolute Gasteiger partial charge is 0.324 e. The van der Waals surface area contributed by atoms with Crippen LogP contribution in [0.3, 0.4) is 0 Å². The molecule has 25 heavy (non-hydrogen) atoms. The van der Waals surface area contributed by atoms with Crippen LogP contribution in [0.1, 0.15) is 36.0 Å². The summed E-state index contributed by atoms with van der Waals surface area (Å²) < 4.78 is 0. The number of hydrogen-bond acceptors (Lipinski definition) is 2. The van der Waals surface area contributed by atoms with Crippen LogP contribution < -0.4 is 5.32 Å². The number of carbonyl (C=O) groups is 1. The topological polar surface area (TPSA) is 32.3 Å². The zero-order chi connectivity index (χ0) is 17.6. The molecule has 1 aliphatic rings. The standard InChI is InChI=1S/C22H28N2O/c1-17-9-8-10-18(2)21(17)23-22(25)20-13-6-7-15-24(20)16-14-19-11-4-3-5-12-19/h3-5,8-12,20H,6-7,13-16H2,1-2H3,(H,23,25)/t20-/m0/s1. The molecule has 1 fully saturated rings. The molecule has 0 aromatic heterocycles. The molecular formula is C22H28N2O. The number of para-hydroxylation sites is 1. The van der Waals surface area contributed by atoms with E-state index in [0.717, 1.165) is 49.2 Å². The summed E-state index contributed by atoms with van der Waals surface area (Å²) in [7, 11) is 0. The Labute approximate surface area is 151 Å². The molecule has 0 radical (unpaired) electrons. The predicted octanol–water partition coefficient (Wildman–Crippen LogP) is 4.34. The normalized spacial score (nSPS) is 18.1. The second kappa shape index (κ2) is 8.30. The first-order valence-corrected chi connectivity index (χ1v) is 9.30. The Hall–Kier alpha value is -2.13. The predicted molar refractivity (Wildman–Crippen MR) is 104 cm³/mol. The summed E-state index contributed by atoms with van der Waals surface area (Å²) in [5.74, 6) is 0.144. The molecule has 0 unspecified atom stereocenters. The van der Waals surface area contributed by atoms with Gasteiger partial charge < -0.3 is 5.32 Å². The molecular weight excluding hydrogens is 308 g/mol. The summed E-state index contributed by atoms with van der Waals surface area (Å²) in [6, 6.07) is 16.7. The van der Waals surface area contributed by atoms with Gasteiger partial charge >= 0.3 is 0 Å². The highest BCUT2D eigenvalue weighted by molar-refractivity contribution is 5.96. The minimum absolute atomic E-state index is 0.0172. The van der Waals surface area contributed by atoms with Gasteiger partial charge in [-0.15, -0.1) is 0 Å². The molecule has 2 aromatic rings. The second-order valence-electron chi connectivity index (χ2n) is 7.04. The van der Waals surface area contributed by atoms with Crippen LogP contribution in [0.15, 0.2) is 48.5 Å². The maximum Gasteiger partial charge on any atom is 0.241 e. The van der Waals surface area contributed by atoms with E-state index in [-0.39, 0.29) is 11.9 Å². The number of benzene rings is 2. The summed E-state index contributed by atoms with van der Waals surface area (Å²) in [4.78, 5) is 15.3. The Morgan fingerprint density at radius 1 is 1.04 bits per heavy atom. The fourth-order valence-corrected chi connectivity index (χ4v) is 3.69. The number of likely N-dealkylation sites (tertiary alicyclic amines) is 1. The first kappa shape index (κ1) is 17.7. The maximum absolute atomic E-state index is 12.9. The van der Waals surface area contributed by atoms with Crippen molar-refractivity contribution in [2.75, 3.05) is 18.4 Å². The molecule has 0 bridgehead atoms. The Kier molecular flexibility index (Phi) is 5.87. The molecule has 3 nitrogen and oxygen atoms in total. The van der Waals surface area contributed by atoms with E-state index in [1.807, 2.05) is 12.1 Å². The summed E-state index contributed by atoms with van der Waals surface area (Å²) in [6.07, 6.45) is 4.26. The first-order valence-electron chi connectivity index (χ1n) is 9.30. The van der Waals surface area contributed by atoms with Gasteiger partial charge in [-0.05, 0) is 56.3 Å². The number of aryl methyl sites for hydroxylation is 2. The van der Waals surface area contributed by atoms with Crippen LogP contribution in [0.5, 0.6) is 0 Å². The van der Waals surface area contributed by atoms with Gasteiger partial charge in [0.1, 0.15) is 0 Å². The molecule has 1 N–H and O–H groups in total. The zero-order valence-electron chi connectivity index (χ0n) is 15.3. The van der Waals surface area contributed by atoms with Gasteiger partial charge in [-0.1, -0.05) is 55.0 Å². The van der Waals surface area contributed by atoms with E-state index >= 15 is 0 Å². The third-order valence-electron chi connectivity index (χ3n) is 5.18. The lowest BCUT2D eigenvalue weighted by Gasteiger charge is -2.35. The minimum atomic E-state index is -0.0172. The minimum Gasteiger partial charge on any atom is -0.324 e. The van der Waals surface area contributed by atoms with Gasteiger partial charge in [0.2, 0.25) is 5.91 Å². The number of nitrogens with one attached hydrogen (secondary N) is 1. The third-order valence-corrected chi connectivity index (χ3v) is 5.18.